The van der Waals surface area contributed by atoms with Crippen LogP contribution in [0.25, 0.3) is 0 Å². The highest BCUT2D eigenvalue weighted by Crippen LogP contribution is 2.50. The molecule has 0 heterocycles. The molecule has 23 heavy (non-hydrogen) atoms. The van der Waals surface area contributed by atoms with Gasteiger partial charge in [0.05, 0.1) is 19.8 Å². The van der Waals surface area contributed by atoms with E-state index in [1.165, 1.54) is 26.4 Å². The number of ether oxygens (including phenoxy) is 2. The van der Waals surface area contributed by atoms with E-state index in [1.54, 1.807) is 24.3 Å². The summed E-state index contributed by atoms with van der Waals surface area (Å²) in [4.78, 5) is 12.7. The number of aromatic hydroxyl groups is 1. The van der Waals surface area contributed by atoms with Gasteiger partial charge in [-0.05, 0) is 48.2 Å². The van der Waals surface area contributed by atoms with Crippen LogP contribution in [0.1, 0.15) is 28.3 Å². The summed E-state index contributed by atoms with van der Waals surface area (Å²) in [6, 6.07) is 9.31. The first-order valence-corrected chi connectivity index (χ1v) is 7.29. The van der Waals surface area contributed by atoms with E-state index in [1.807, 2.05) is 0 Å². The van der Waals surface area contributed by atoms with Crippen LogP contribution in [0.5, 0.6) is 17.2 Å². The number of hydrogen-bond donors (Lipinski definition) is 1. The lowest BCUT2D eigenvalue weighted by atomic mass is 10.0. The van der Waals surface area contributed by atoms with Crippen molar-refractivity contribution in [2.24, 2.45) is 5.92 Å². The predicted octanol–water partition coefficient (Wildman–Crippen LogP) is 3.53. The molecule has 2 aromatic carbocycles. The molecule has 0 bridgehead atoms. The molecule has 1 aliphatic carbocycles. The van der Waals surface area contributed by atoms with E-state index in [9.17, 15) is 14.3 Å². The molecular formula is C18H17FO4. The van der Waals surface area contributed by atoms with Gasteiger partial charge in [0, 0.05) is 5.92 Å². The highest BCUT2D eigenvalue weighted by Gasteiger charge is 2.45. The summed E-state index contributed by atoms with van der Waals surface area (Å²) in [5, 5.41) is 9.47. The molecule has 0 aromatic heterocycles. The Labute approximate surface area is 133 Å². The number of rotatable bonds is 5. The Morgan fingerprint density at radius 3 is 2.61 bits per heavy atom. The molecule has 1 aliphatic rings. The van der Waals surface area contributed by atoms with Gasteiger partial charge in [-0.3, -0.25) is 4.79 Å². The minimum absolute atomic E-state index is 0.00935. The van der Waals surface area contributed by atoms with E-state index < -0.39 is 5.82 Å². The first-order chi connectivity index (χ1) is 11.0. The van der Waals surface area contributed by atoms with Gasteiger partial charge >= 0.3 is 0 Å². The van der Waals surface area contributed by atoms with Crippen LogP contribution in [0.3, 0.4) is 0 Å². The van der Waals surface area contributed by atoms with Crippen LogP contribution in [0, 0.1) is 11.7 Å². The first-order valence-electron chi connectivity index (χ1n) is 7.29. The van der Waals surface area contributed by atoms with Crippen molar-refractivity contribution >= 4 is 5.78 Å². The summed E-state index contributed by atoms with van der Waals surface area (Å²) < 4.78 is 23.6. The van der Waals surface area contributed by atoms with Crippen molar-refractivity contribution in [2.45, 2.75) is 12.3 Å². The van der Waals surface area contributed by atoms with Gasteiger partial charge in [0.15, 0.2) is 17.3 Å². The fourth-order valence-electron chi connectivity index (χ4n) is 2.82. The summed E-state index contributed by atoms with van der Waals surface area (Å²) in [7, 11) is 3.05. The molecule has 0 aliphatic heterocycles. The summed E-state index contributed by atoms with van der Waals surface area (Å²) in [6.45, 7) is 0. The Balaban J connectivity index is 1.84. The highest BCUT2D eigenvalue weighted by atomic mass is 19.1. The van der Waals surface area contributed by atoms with Crippen LogP contribution < -0.4 is 9.47 Å². The number of ketones is 1. The summed E-state index contributed by atoms with van der Waals surface area (Å²) in [5.41, 5.74) is 1.25. The molecule has 1 fully saturated rings. The highest BCUT2D eigenvalue weighted by molar-refractivity contribution is 6.03. The van der Waals surface area contributed by atoms with Crippen LogP contribution in [0.15, 0.2) is 36.4 Å². The van der Waals surface area contributed by atoms with Crippen LogP contribution in [-0.2, 0) is 0 Å². The zero-order valence-electron chi connectivity index (χ0n) is 12.9. The minimum atomic E-state index is -0.660. The van der Waals surface area contributed by atoms with E-state index in [0.717, 1.165) is 5.56 Å². The van der Waals surface area contributed by atoms with Gasteiger partial charge < -0.3 is 14.6 Å². The number of methoxy groups -OCH3 is 2. The molecule has 0 saturated heterocycles. The topological polar surface area (TPSA) is 55.8 Å². The standard InChI is InChI=1S/C18H17FO4/c1-22-11-4-6-17(23-2)14(8-11)18(21)13-9-12(13)10-3-5-15(19)16(20)7-10/h3-8,12-13,20H,9H2,1-2H3. The van der Waals surface area contributed by atoms with Crippen LogP contribution >= 0.6 is 0 Å². The molecular weight excluding hydrogens is 299 g/mol. The minimum Gasteiger partial charge on any atom is -0.505 e. The first kappa shape index (κ1) is 15.3. The lowest BCUT2D eigenvalue weighted by Crippen LogP contribution is -2.06. The van der Waals surface area contributed by atoms with Gasteiger partial charge in [-0.1, -0.05) is 6.07 Å². The normalized spacial score (nSPS) is 19.3. The van der Waals surface area contributed by atoms with E-state index in [-0.39, 0.29) is 23.4 Å². The summed E-state index contributed by atoms with van der Waals surface area (Å²) >= 11 is 0. The Morgan fingerprint density at radius 2 is 1.96 bits per heavy atom. The van der Waals surface area contributed by atoms with Gasteiger partial charge in [0.2, 0.25) is 0 Å². The van der Waals surface area contributed by atoms with Crippen molar-refractivity contribution in [3.63, 3.8) is 0 Å². The zero-order chi connectivity index (χ0) is 16.6. The molecule has 0 spiro atoms. The fourth-order valence-corrected chi connectivity index (χ4v) is 2.82. The van der Waals surface area contributed by atoms with E-state index in [2.05, 4.69) is 0 Å². The van der Waals surface area contributed by atoms with E-state index in [0.29, 0.717) is 23.5 Å². The summed E-state index contributed by atoms with van der Waals surface area (Å²) in [6.07, 6.45) is 0.671. The molecule has 0 amide bonds. The smallest absolute Gasteiger partial charge is 0.170 e. The third kappa shape index (κ3) is 2.86. The molecule has 3 rings (SSSR count). The number of phenols is 1. The third-order valence-electron chi connectivity index (χ3n) is 4.20. The number of benzene rings is 2. The molecule has 1 N–H and O–H groups in total. The molecule has 2 atom stereocenters. The Hall–Kier alpha value is -2.56. The second-order valence-corrected chi connectivity index (χ2v) is 5.59. The van der Waals surface area contributed by atoms with Crippen molar-refractivity contribution in [1.29, 1.82) is 0 Å². The Bertz CT molecular complexity index is 757. The van der Waals surface area contributed by atoms with E-state index in [4.69, 9.17) is 9.47 Å². The van der Waals surface area contributed by atoms with E-state index >= 15 is 0 Å². The monoisotopic (exact) mass is 316 g/mol. The van der Waals surface area contributed by atoms with Crippen molar-refractivity contribution in [3.8, 4) is 17.2 Å². The summed E-state index contributed by atoms with van der Waals surface area (Å²) in [5.74, 6) is -0.194. The predicted molar refractivity (Wildman–Crippen MR) is 82.8 cm³/mol. The van der Waals surface area contributed by atoms with Crippen molar-refractivity contribution in [1.82, 2.24) is 0 Å². The lowest BCUT2D eigenvalue weighted by Gasteiger charge is -2.09. The maximum atomic E-state index is 13.1. The van der Waals surface area contributed by atoms with Crippen LogP contribution in [0.4, 0.5) is 4.39 Å². The maximum absolute atomic E-state index is 13.1. The zero-order valence-corrected chi connectivity index (χ0v) is 12.9. The molecule has 4 nitrogen and oxygen atoms in total. The van der Waals surface area contributed by atoms with Gasteiger partial charge in [0.1, 0.15) is 11.5 Å². The average molecular weight is 316 g/mol. The lowest BCUT2D eigenvalue weighted by molar-refractivity contribution is 0.0962. The number of halogens is 1. The van der Waals surface area contributed by atoms with Gasteiger partial charge in [-0.25, -0.2) is 4.39 Å². The van der Waals surface area contributed by atoms with Crippen LogP contribution in [-0.4, -0.2) is 25.1 Å². The third-order valence-corrected chi connectivity index (χ3v) is 4.20. The van der Waals surface area contributed by atoms with Crippen molar-refractivity contribution < 1.29 is 23.8 Å². The molecule has 5 heteroatoms. The quantitative estimate of drug-likeness (QED) is 0.857. The SMILES string of the molecule is COc1ccc(OC)c(C(=O)C2CC2c2ccc(F)c(O)c2)c1. The van der Waals surface area contributed by atoms with Gasteiger partial charge in [-0.2, -0.15) is 0 Å². The molecule has 2 aromatic rings. The molecule has 2 unspecified atom stereocenters. The molecule has 0 radical (unpaired) electrons. The van der Waals surface area contributed by atoms with Crippen molar-refractivity contribution in [2.75, 3.05) is 14.2 Å². The van der Waals surface area contributed by atoms with Gasteiger partial charge in [-0.15, -0.1) is 0 Å². The fraction of sp³-hybridized carbons (Fsp3) is 0.278. The molecule has 120 valence electrons. The van der Waals surface area contributed by atoms with Crippen molar-refractivity contribution in [3.05, 3.63) is 53.3 Å². The second-order valence-electron chi connectivity index (χ2n) is 5.59. The largest absolute Gasteiger partial charge is 0.505 e. The maximum Gasteiger partial charge on any atom is 0.170 e. The molecule has 1 saturated carbocycles. The second kappa shape index (κ2) is 5.91. The number of carbonyl (C=O) groups is 1. The number of carbonyl (C=O) groups excluding carboxylic acids is 1. The number of phenolic OH excluding ortho intramolecular Hbond substituents is 1. The number of hydrogen-bond acceptors (Lipinski definition) is 4. The Morgan fingerprint density at radius 1 is 1.17 bits per heavy atom. The average Bonchev–Trinajstić information content (AvgIpc) is 3.36. The number of Topliss-reactive ketones (excluding diaryl/α,β-unsaturated/α-hetero) is 1. The Kier molecular flexibility index (Phi) is 3.94. The van der Waals surface area contributed by atoms with Crippen LogP contribution in [0.2, 0.25) is 0 Å². The van der Waals surface area contributed by atoms with Gasteiger partial charge in [0.25, 0.3) is 0 Å².